The number of benzene rings is 1. The number of carbonyl (C=O) groups excluding carboxylic acids is 2. The summed E-state index contributed by atoms with van der Waals surface area (Å²) in [6, 6.07) is 10.7. The van der Waals surface area contributed by atoms with Crippen LogP contribution in [0.2, 0.25) is 0 Å². The van der Waals surface area contributed by atoms with Crippen molar-refractivity contribution in [1.29, 1.82) is 0 Å². The van der Waals surface area contributed by atoms with Gasteiger partial charge in [-0.2, -0.15) is 13.2 Å². The van der Waals surface area contributed by atoms with E-state index < -0.39 is 11.7 Å². The summed E-state index contributed by atoms with van der Waals surface area (Å²) in [6.07, 6.45) is 5.24. The minimum Gasteiger partial charge on any atom is -0.332 e. The number of hydrogen-bond acceptors (Lipinski definition) is 5. The Kier molecular flexibility index (Phi) is 14.4. The average Bonchev–Trinajstić information content (AvgIpc) is 3.69. The van der Waals surface area contributed by atoms with E-state index in [0.29, 0.717) is 31.6 Å². The standard InChI is InChI=1S/C17H15N3O2S.C11H13F3.C10H23N/c1-11(21)13-10-23-15-9-19(7-5-12(13)15)17(22)14-8-18-16-4-2-3-6-20(14)16;1-3-8-5-9(4-2)7-10(6-8)11(12,13)14;1-6-10(11(4)5)8-7-9(2)3/h2-4,6,8,10H,5,7,9H2,1H3;5-7H,3-4H2,1-2H3;9-10H,6-8H2,1-5H3. The summed E-state index contributed by atoms with van der Waals surface area (Å²) in [5.74, 6) is 0.931. The van der Waals surface area contributed by atoms with Crippen LogP contribution in [-0.4, -0.2) is 57.6 Å². The van der Waals surface area contributed by atoms with Gasteiger partial charge in [0.15, 0.2) is 5.78 Å². The van der Waals surface area contributed by atoms with E-state index in [0.717, 1.165) is 51.2 Å². The molecule has 0 N–H and O–H groups in total. The van der Waals surface area contributed by atoms with Crippen LogP contribution in [0.15, 0.2) is 54.2 Å². The summed E-state index contributed by atoms with van der Waals surface area (Å²) in [4.78, 5) is 34.0. The first-order valence-electron chi connectivity index (χ1n) is 16.9. The lowest BCUT2D eigenvalue weighted by Crippen LogP contribution is -2.36. The number of thiophene rings is 1. The Balaban J connectivity index is 0.000000215. The molecule has 1 unspecified atom stereocenters. The molecule has 6 nitrogen and oxygen atoms in total. The molecule has 0 fully saturated rings. The van der Waals surface area contributed by atoms with Crippen LogP contribution in [-0.2, 0) is 32.0 Å². The van der Waals surface area contributed by atoms with Crippen molar-refractivity contribution in [3.63, 3.8) is 0 Å². The zero-order valence-electron chi connectivity index (χ0n) is 29.7. The van der Waals surface area contributed by atoms with Gasteiger partial charge in [0.05, 0.1) is 18.3 Å². The molecule has 0 saturated carbocycles. The van der Waals surface area contributed by atoms with Crippen molar-refractivity contribution in [3.05, 3.63) is 92.6 Å². The molecule has 1 aliphatic rings. The van der Waals surface area contributed by atoms with Gasteiger partial charge in [0, 0.05) is 34.6 Å². The number of fused-ring (bicyclic) bond motifs is 2. The number of amides is 1. The molecule has 1 atom stereocenters. The van der Waals surface area contributed by atoms with Gasteiger partial charge in [-0.15, -0.1) is 11.3 Å². The maximum absolute atomic E-state index is 12.8. The smallest absolute Gasteiger partial charge is 0.332 e. The Bertz CT molecular complexity index is 1620. The summed E-state index contributed by atoms with van der Waals surface area (Å²) in [7, 11) is 4.35. The van der Waals surface area contributed by atoms with Gasteiger partial charge < -0.3 is 9.80 Å². The second-order valence-electron chi connectivity index (χ2n) is 12.9. The topological polar surface area (TPSA) is 57.9 Å². The fourth-order valence-electron chi connectivity index (χ4n) is 5.74. The molecule has 262 valence electrons. The van der Waals surface area contributed by atoms with Gasteiger partial charge in [-0.1, -0.05) is 46.8 Å². The molecule has 3 aromatic heterocycles. The largest absolute Gasteiger partial charge is 0.416 e. The zero-order valence-corrected chi connectivity index (χ0v) is 30.5. The van der Waals surface area contributed by atoms with E-state index in [2.05, 4.69) is 44.8 Å². The molecule has 10 heteroatoms. The Morgan fingerprint density at radius 1 is 1.02 bits per heavy atom. The molecule has 0 aliphatic carbocycles. The van der Waals surface area contributed by atoms with Crippen LogP contribution in [0.25, 0.3) is 5.65 Å². The van der Waals surface area contributed by atoms with Crippen molar-refractivity contribution < 1.29 is 22.8 Å². The number of aryl methyl sites for hydroxylation is 2. The lowest BCUT2D eigenvalue weighted by atomic mass is 10.0. The molecule has 4 heterocycles. The Hall–Kier alpha value is -3.50. The molecule has 0 spiro atoms. The van der Waals surface area contributed by atoms with Gasteiger partial charge in [0.2, 0.25) is 0 Å². The number of pyridine rings is 1. The van der Waals surface area contributed by atoms with Gasteiger partial charge in [-0.25, -0.2) is 4.98 Å². The van der Waals surface area contributed by atoms with Gasteiger partial charge in [-0.05, 0) is 106 Å². The van der Waals surface area contributed by atoms with Gasteiger partial charge in [-0.3, -0.25) is 14.0 Å². The predicted octanol–water partition coefficient (Wildman–Crippen LogP) is 9.39. The minimum atomic E-state index is -4.23. The van der Waals surface area contributed by atoms with Crippen molar-refractivity contribution in [2.75, 3.05) is 20.6 Å². The second-order valence-corrected chi connectivity index (χ2v) is 13.9. The van der Waals surface area contributed by atoms with E-state index in [1.165, 1.54) is 31.4 Å². The molecular weight excluding hydrogens is 634 g/mol. The third-order valence-corrected chi connectivity index (χ3v) is 9.74. The van der Waals surface area contributed by atoms with Crippen LogP contribution >= 0.6 is 11.3 Å². The molecule has 1 amide bonds. The number of Topliss-reactive ketones (excluding diaryl/α,β-unsaturated/α-hetero) is 1. The Morgan fingerprint density at radius 3 is 2.23 bits per heavy atom. The normalized spacial score (nSPS) is 13.5. The number of aromatic nitrogens is 2. The highest BCUT2D eigenvalue weighted by Crippen LogP contribution is 2.31. The Morgan fingerprint density at radius 2 is 1.69 bits per heavy atom. The SMILES string of the molecule is CC(=O)c1csc2c1CCN(C(=O)c1cnc3ccccn13)C2.CCC(CCC(C)C)N(C)C.CCc1cc(CC)cc(C(F)(F)F)c1. The van der Waals surface area contributed by atoms with Gasteiger partial charge in [0.1, 0.15) is 11.3 Å². The fourth-order valence-corrected chi connectivity index (χ4v) is 6.89. The highest BCUT2D eigenvalue weighted by molar-refractivity contribution is 7.10. The maximum Gasteiger partial charge on any atom is 0.416 e. The van der Waals surface area contributed by atoms with Gasteiger partial charge >= 0.3 is 6.18 Å². The lowest BCUT2D eigenvalue weighted by molar-refractivity contribution is -0.137. The first-order valence-corrected chi connectivity index (χ1v) is 17.8. The van der Waals surface area contributed by atoms with Crippen molar-refractivity contribution in [2.45, 2.75) is 98.8 Å². The van der Waals surface area contributed by atoms with E-state index in [9.17, 15) is 22.8 Å². The monoisotopic (exact) mass is 684 g/mol. The maximum atomic E-state index is 12.8. The first-order chi connectivity index (χ1) is 22.7. The quantitative estimate of drug-likeness (QED) is 0.165. The second kappa shape index (κ2) is 17.8. The summed E-state index contributed by atoms with van der Waals surface area (Å²) in [5, 5.41) is 1.91. The van der Waals surface area contributed by atoms with Crippen LogP contribution in [0.4, 0.5) is 13.2 Å². The van der Waals surface area contributed by atoms with Crippen LogP contribution in [0.5, 0.6) is 0 Å². The molecular formula is C38H51F3N4O2S. The molecule has 0 saturated heterocycles. The third kappa shape index (κ3) is 10.5. The summed E-state index contributed by atoms with van der Waals surface area (Å²) < 4.78 is 39.1. The summed E-state index contributed by atoms with van der Waals surface area (Å²) in [6.45, 7) is 13.4. The first kappa shape index (κ1) is 38.9. The highest BCUT2D eigenvalue weighted by Gasteiger charge is 2.31. The van der Waals surface area contributed by atoms with Crippen molar-refractivity contribution in [3.8, 4) is 0 Å². The van der Waals surface area contributed by atoms with Crippen molar-refractivity contribution in [1.82, 2.24) is 19.2 Å². The number of alkyl halides is 3. The number of ketones is 1. The van der Waals surface area contributed by atoms with Crippen molar-refractivity contribution in [2.24, 2.45) is 5.92 Å². The molecule has 1 aromatic carbocycles. The van der Waals surface area contributed by atoms with Crippen LogP contribution in [0.1, 0.15) is 109 Å². The zero-order chi connectivity index (χ0) is 35.6. The van der Waals surface area contributed by atoms with Gasteiger partial charge in [0.25, 0.3) is 5.91 Å². The molecule has 1 aliphatic heterocycles. The predicted molar refractivity (Wildman–Crippen MR) is 190 cm³/mol. The van der Waals surface area contributed by atoms with E-state index >= 15 is 0 Å². The van der Waals surface area contributed by atoms with E-state index in [-0.39, 0.29) is 11.7 Å². The van der Waals surface area contributed by atoms with E-state index in [1.54, 1.807) is 24.5 Å². The molecule has 48 heavy (non-hydrogen) atoms. The number of nitrogens with zero attached hydrogens (tertiary/aromatic N) is 4. The molecule has 0 bridgehead atoms. The van der Waals surface area contributed by atoms with Crippen LogP contribution in [0, 0.1) is 5.92 Å². The molecule has 0 radical (unpaired) electrons. The number of halogens is 3. The van der Waals surface area contributed by atoms with E-state index in [1.807, 2.05) is 59.0 Å². The fraction of sp³-hybridized carbons (Fsp3) is 0.500. The molecule has 4 aromatic rings. The highest BCUT2D eigenvalue weighted by atomic mass is 32.1. The van der Waals surface area contributed by atoms with Crippen LogP contribution in [0.3, 0.4) is 0 Å². The Labute approximate surface area is 288 Å². The lowest BCUT2D eigenvalue weighted by Gasteiger charge is -2.27. The summed E-state index contributed by atoms with van der Waals surface area (Å²) >= 11 is 1.57. The number of hydrogen-bond donors (Lipinski definition) is 0. The number of imidazole rings is 1. The third-order valence-electron chi connectivity index (χ3n) is 8.72. The molecule has 5 rings (SSSR count). The number of rotatable bonds is 9. The number of carbonyl (C=O) groups is 2. The van der Waals surface area contributed by atoms with Crippen LogP contribution < -0.4 is 0 Å². The van der Waals surface area contributed by atoms with E-state index in [4.69, 9.17) is 0 Å². The van der Waals surface area contributed by atoms with Crippen molar-refractivity contribution >= 4 is 28.7 Å². The summed E-state index contributed by atoms with van der Waals surface area (Å²) in [5.41, 5.74) is 4.23. The average molecular weight is 685 g/mol. The minimum absolute atomic E-state index is 0.0212.